The van der Waals surface area contributed by atoms with Gasteiger partial charge in [0, 0.05) is 56.6 Å². The van der Waals surface area contributed by atoms with Gasteiger partial charge in [-0.05, 0) is 35.2 Å². The molecule has 2 fully saturated rings. The minimum Gasteiger partial charge on any atom is -0.508 e. The molecule has 0 saturated carbocycles. The first-order valence-electron chi connectivity index (χ1n) is 14.0. The third kappa shape index (κ3) is 6.17. The Morgan fingerprint density at radius 2 is 1.57 bits per heavy atom. The van der Waals surface area contributed by atoms with Gasteiger partial charge in [0.25, 0.3) is 5.91 Å². The molecular weight excluding hydrogens is 512 g/mol. The summed E-state index contributed by atoms with van der Waals surface area (Å²) in [6.07, 6.45) is -0.633. The molecule has 0 radical (unpaired) electrons. The van der Waals surface area contributed by atoms with Gasteiger partial charge in [-0.2, -0.15) is 5.10 Å². The van der Waals surface area contributed by atoms with Crippen LogP contribution in [0.5, 0.6) is 11.5 Å². The number of primary amides is 1. The number of hydrogen-bond acceptors (Lipinski definition) is 10. The zero-order chi connectivity index (χ0) is 28.2. The summed E-state index contributed by atoms with van der Waals surface area (Å²) in [5.41, 5.74) is 9.01. The van der Waals surface area contributed by atoms with E-state index in [4.69, 9.17) is 15.2 Å². The number of nitrogens with two attached hydrogens (primary N) is 1. The van der Waals surface area contributed by atoms with Gasteiger partial charge in [-0.1, -0.05) is 26.0 Å². The minimum absolute atomic E-state index is 0.0204. The SMILES string of the molecule is CC(C)c1cc(C2N(CCN3CCOCC3)N=C(C(N)=O)N2c2ccc(CN3CCOCC3)cc2)c(O)cc1O. The lowest BCUT2D eigenvalue weighted by Crippen LogP contribution is -2.43. The highest BCUT2D eigenvalue weighted by atomic mass is 16.5. The largest absolute Gasteiger partial charge is 0.508 e. The highest BCUT2D eigenvalue weighted by Crippen LogP contribution is 2.42. The maximum Gasteiger partial charge on any atom is 0.286 e. The van der Waals surface area contributed by atoms with E-state index in [0.717, 1.165) is 57.2 Å². The second-order valence-electron chi connectivity index (χ2n) is 10.8. The van der Waals surface area contributed by atoms with Gasteiger partial charge in [0.05, 0.1) is 33.0 Å². The number of hydrazone groups is 1. The molecule has 3 aliphatic rings. The molecule has 11 heteroatoms. The second kappa shape index (κ2) is 12.4. The zero-order valence-electron chi connectivity index (χ0n) is 23.3. The van der Waals surface area contributed by atoms with Crippen LogP contribution in [0.25, 0.3) is 0 Å². The fourth-order valence-corrected chi connectivity index (χ4v) is 5.51. The number of rotatable bonds is 9. The summed E-state index contributed by atoms with van der Waals surface area (Å²) in [7, 11) is 0. The molecule has 5 rings (SSSR count). The molecule has 40 heavy (non-hydrogen) atoms. The van der Waals surface area contributed by atoms with Crippen LogP contribution in [0.15, 0.2) is 41.5 Å². The number of phenols is 2. The number of anilines is 1. The van der Waals surface area contributed by atoms with Gasteiger partial charge >= 0.3 is 0 Å². The Balaban J connectivity index is 1.49. The molecule has 1 amide bonds. The minimum atomic E-state index is -0.654. The summed E-state index contributed by atoms with van der Waals surface area (Å²) in [6, 6.07) is 11.2. The van der Waals surface area contributed by atoms with Crippen molar-refractivity contribution >= 4 is 17.4 Å². The lowest BCUT2D eigenvalue weighted by molar-refractivity contribution is -0.112. The lowest BCUT2D eigenvalue weighted by atomic mass is 9.97. The van der Waals surface area contributed by atoms with Crippen molar-refractivity contribution in [3.05, 3.63) is 53.1 Å². The average molecular weight is 553 g/mol. The van der Waals surface area contributed by atoms with E-state index in [9.17, 15) is 15.0 Å². The maximum atomic E-state index is 12.7. The van der Waals surface area contributed by atoms with Crippen LogP contribution in [-0.2, 0) is 20.8 Å². The number of amidine groups is 1. The van der Waals surface area contributed by atoms with Gasteiger partial charge in [0.1, 0.15) is 11.5 Å². The molecule has 0 aromatic heterocycles. The highest BCUT2D eigenvalue weighted by molar-refractivity contribution is 6.43. The number of morpholine rings is 2. The Kier molecular flexibility index (Phi) is 8.75. The third-order valence-corrected chi connectivity index (χ3v) is 7.75. The summed E-state index contributed by atoms with van der Waals surface area (Å²) in [6.45, 7) is 12.2. The Labute approximate surface area is 235 Å². The monoisotopic (exact) mass is 552 g/mol. The van der Waals surface area contributed by atoms with Crippen molar-refractivity contribution in [3.63, 3.8) is 0 Å². The molecule has 0 spiro atoms. The van der Waals surface area contributed by atoms with E-state index in [1.54, 1.807) is 11.0 Å². The van der Waals surface area contributed by atoms with Gasteiger partial charge in [-0.25, -0.2) is 0 Å². The maximum absolute atomic E-state index is 12.7. The lowest BCUT2D eigenvalue weighted by Gasteiger charge is -2.34. The van der Waals surface area contributed by atoms with Crippen molar-refractivity contribution in [2.45, 2.75) is 32.5 Å². The Bertz CT molecular complexity index is 1210. The molecule has 3 heterocycles. The first kappa shape index (κ1) is 28.2. The van der Waals surface area contributed by atoms with Crippen LogP contribution in [0, 0.1) is 0 Å². The average Bonchev–Trinajstić information content (AvgIpc) is 3.33. The number of aromatic hydroxyl groups is 2. The number of ether oxygens (including phenoxy) is 2. The third-order valence-electron chi connectivity index (χ3n) is 7.75. The molecule has 216 valence electrons. The normalized spacial score (nSPS) is 20.8. The van der Waals surface area contributed by atoms with Crippen molar-refractivity contribution < 1.29 is 24.5 Å². The van der Waals surface area contributed by atoms with Crippen LogP contribution in [0.4, 0.5) is 5.69 Å². The van der Waals surface area contributed by atoms with E-state index in [1.807, 2.05) is 43.1 Å². The van der Waals surface area contributed by atoms with Crippen LogP contribution in [0.1, 0.15) is 42.6 Å². The van der Waals surface area contributed by atoms with E-state index < -0.39 is 12.1 Å². The molecule has 2 aromatic carbocycles. The summed E-state index contributed by atoms with van der Waals surface area (Å²) in [5.74, 6) is -0.570. The number of carbonyl (C=O) groups is 1. The molecule has 0 bridgehead atoms. The molecule has 0 aliphatic carbocycles. The van der Waals surface area contributed by atoms with E-state index in [0.29, 0.717) is 37.4 Å². The number of benzene rings is 2. The van der Waals surface area contributed by atoms with Crippen LogP contribution in [0.2, 0.25) is 0 Å². The summed E-state index contributed by atoms with van der Waals surface area (Å²) in [4.78, 5) is 19.2. The fourth-order valence-electron chi connectivity index (χ4n) is 5.51. The molecule has 11 nitrogen and oxygen atoms in total. The molecule has 4 N–H and O–H groups in total. The van der Waals surface area contributed by atoms with Crippen LogP contribution >= 0.6 is 0 Å². The van der Waals surface area contributed by atoms with Crippen LogP contribution < -0.4 is 10.6 Å². The van der Waals surface area contributed by atoms with Crippen LogP contribution in [-0.4, -0.2) is 102 Å². The van der Waals surface area contributed by atoms with Gasteiger partial charge in [0.2, 0.25) is 5.84 Å². The van der Waals surface area contributed by atoms with E-state index >= 15 is 0 Å². The Hall–Kier alpha value is -3.38. The molecule has 1 atom stereocenters. The Morgan fingerprint density at radius 1 is 0.950 bits per heavy atom. The van der Waals surface area contributed by atoms with Crippen LogP contribution in [0.3, 0.4) is 0 Å². The molecule has 2 saturated heterocycles. The van der Waals surface area contributed by atoms with E-state index in [1.165, 1.54) is 6.07 Å². The number of hydrogen-bond donors (Lipinski definition) is 3. The summed E-state index contributed by atoms with van der Waals surface area (Å²) < 4.78 is 11.0. The van der Waals surface area contributed by atoms with Gasteiger partial charge in [0.15, 0.2) is 6.17 Å². The van der Waals surface area contributed by atoms with Crippen molar-refractivity contribution in [1.29, 1.82) is 0 Å². The predicted octanol–water partition coefficient (Wildman–Crippen LogP) is 2.01. The van der Waals surface area contributed by atoms with Crippen molar-refractivity contribution in [2.75, 3.05) is 70.6 Å². The summed E-state index contributed by atoms with van der Waals surface area (Å²) >= 11 is 0. The number of amides is 1. The summed E-state index contributed by atoms with van der Waals surface area (Å²) in [5, 5.41) is 28.1. The van der Waals surface area contributed by atoms with Gasteiger partial charge in [-0.15, -0.1) is 0 Å². The molecule has 2 aromatic rings. The number of carbonyl (C=O) groups excluding carboxylic acids is 1. The second-order valence-corrected chi connectivity index (χ2v) is 10.8. The fraction of sp³-hybridized carbons (Fsp3) is 0.517. The number of nitrogens with zero attached hydrogens (tertiary/aromatic N) is 5. The van der Waals surface area contributed by atoms with Crippen molar-refractivity contribution in [1.82, 2.24) is 14.8 Å². The van der Waals surface area contributed by atoms with Gasteiger partial charge < -0.3 is 25.4 Å². The quantitative estimate of drug-likeness (QED) is 0.428. The van der Waals surface area contributed by atoms with E-state index in [-0.39, 0.29) is 23.3 Å². The molecule has 3 aliphatic heterocycles. The smallest absolute Gasteiger partial charge is 0.286 e. The first-order chi connectivity index (χ1) is 19.3. The highest BCUT2D eigenvalue weighted by Gasteiger charge is 2.40. The topological polar surface area (TPSA) is 127 Å². The number of phenolic OH excluding ortho intramolecular Hbond substituents is 2. The molecule has 1 unspecified atom stereocenters. The first-order valence-corrected chi connectivity index (χ1v) is 14.0. The predicted molar refractivity (Wildman–Crippen MR) is 152 cm³/mol. The van der Waals surface area contributed by atoms with E-state index in [2.05, 4.69) is 14.9 Å². The Morgan fingerprint density at radius 3 is 2.17 bits per heavy atom. The zero-order valence-corrected chi connectivity index (χ0v) is 23.3. The standard InChI is InChI=1S/C29H40N6O5/c1-20(2)23-17-24(26(37)18-25(23)36)29-34(8-7-32-9-13-39-14-10-32)31-28(27(30)38)35(29)22-5-3-21(4-6-22)19-33-11-15-40-16-12-33/h3-6,17-18,20,29,36-37H,7-16,19H2,1-2H3,(H2,30,38). The van der Waals surface area contributed by atoms with Gasteiger partial charge in [-0.3, -0.25) is 24.5 Å². The van der Waals surface area contributed by atoms with Crippen molar-refractivity contribution in [3.8, 4) is 11.5 Å². The van der Waals surface area contributed by atoms with Crippen molar-refractivity contribution in [2.24, 2.45) is 10.8 Å². The molecular formula is C29H40N6O5.